The number of likely N-dealkylation sites (tertiary alicyclic amines) is 1. The van der Waals surface area contributed by atoms with Gasteiger partial charge in [0, 0.05) is 18.5 Å². The van der Waals surface area contributed by atoms with Crippen molar-refractivity contribution in [3.05, 3.63) is 76.2 Å². The van der Waals surface area contributed by atoms with Crippen molar-refractivity contribution in [3.8, 4) is 0 Å². The minimum absolute atomic E-state index is 0.0814. The predicted octanol–water partition coefficient (Wildman–Crippen LogP) is 2.49. The summed E-state index contributed by atoms with van der Waals surface area (Å²) in [7, 11) is 0. The van der Waals surface area contributed by atoms with Gasteiger partial charge >= 0.3 is 6.03 Å². The molecular formula is C23H27N5O2. The number of urea groups is 1. The molecule has 1 fully saturated rings. The van der Waals surface area contributed by atoms with E-state index in [4.69, 9.17) is 0 Å². The molecule has 7 heteroatoms. The molecule has 4 rings (SSSR count). The fraction of sp³-hybridized carbons (Fsp3) is 0.348. The van der Waals surface area contributed by atoms with Gasteiger partial charge < -0.3 is 15.5 Å². The molecule has 1 aromatic heterocycles. The molecule has 2 amide bonds. The molecule has 1 aliphatic heterocycles. The van der Waals surface area contributed by atoms with E-state index in [1.54, 1.807) is 4.68 Å². The molecule has 0 aliphatic carbocycles. The lowest BCUT2D eigenvalue weighted by molar-refractivity contribution is 0.240. The average Bonchev–Trinajstić information content (AvgIpc) is 3.31. The second-order valence-electron chi connectivity index (χ2n) is 7.59. The van der Waals surface area contributed by atoms with Crippen LogP contribution >= 0.6 is 0 Å². The number of hydrogen-bond donors (Lipinski definition) is 2. The largest absolute Gasteiger partial charge is 0.334 e. The number of hydrogen-bond acceptors (Lipinski definition) is 4. The summed E-state index contributed by atoms with van der Waals surface area (Å²) in [6, 6.07) is 16.9. The SMILES string of the molecule is O=C(NCc1ccccc1)NCc1nn(CCN2CCCC2)c(=O)c2ccccc12. The summed E-state index contributed by atoms with van der Waals surface area (Å²) in [4.78, 5) is 27.5. The first-order valence-corrected chi connectivity index (χ1v) is 10.5. The Morgan fingerprint density at radius 3 is 2.30 bits per heavy atom. The van der Waals surface area contributed by atoms with Crippen LogP contribution in [-0.4, -0.2) is 40.3 Å². The number of fused-ring (bicyclic) bond motifs is 1. The highest BCUT2D eigenvalue weighted by Crippen LogP contribution is 2.13. The second kappa shape index (κ2) is 9.54. The van der Waals surface area contributed by atoms with E-state index in [2.05, 4.69) is 20.6 Å². The molecule has 0 spiro atoms. The van der Waals surface area contributed by atoms with E-state index in [-0.39, 0.29) is 18.1 Å². The van der Waals surface area contributed by atoms with Crippen LogP contribution in [0.4, 0.5) is 4.79 Å². The first-order chi connectivity index (χ1) is 14.7. The van der Waals surface area contributed by atoms with Gasteiger partial charge in [-0.1, -0.05) is 48.5 Å². The minimum atomic E-state index is -0.264. The van der Waals surface area contributed by atoms with Crippen LogP contribution in [-0.2, 0) is 19.6 Å². The Balaban J connectivity index is 1.45. The number of benzene rings is 2. The molecule has 2 N–H and O–H groups in total. The number of aromatic nitrogens is 2. The van der Waals surface area contributed by atoms with Crippen LogP contribution in [0.2, 0.25) is 0 Å². The Morgan fingerprint density at radius 1 is 0.867 bits per heavy atom. The summed E-state index contributed by atoms with van der Waals surface area (Å²) in [6.45, 7) is 4.24. The molecule has 2 aromatic carbocycles. The molecule has 0 saturated carbocycles. The smallest absolute Gasteiger partial charge is 0.315 e. The molecule has 2 heterocycles. The van der Waals surface area contributed by atoms with Gasteiger partial charge in [-0.15, -0.1) is 0 Å². The minimum Gasteiger partial charge on any atom is -0.334 e. The molecule has 156 valence electrons. The van der Waals surface area contributed by atoms with Crippen LogP contribution in [0, 0.1) is 0 Å². The van der Waals surface area contributed by atoms with Gasteiger partial charge in [-0.25, -0.2) is 9.48 Å². The van der Waals surface area contributed by atoms with Crippen molar-refractivity contribution >= 4 is 16.8 Å². The Bertz CT molecular complexity index is 1060. The van der Waals surface area contributed by atoms with Gasteiger partial charge in [-0.2, -0.15) is 5.10 Å². The maximum absolute atomic E-state index is 12.9. The van der Waals surface area contributed by atoms with Crippen LogP contribution in [0.1, 0.15) is 24.1 Å². The highest BCUT2D eigenvalue weighted by Gasteiger charge is 2.14. The lowest BCUT2D eigenvalue weighted by atomic mass is 10.1. The van der Waals surface area contributed by atoms with Crippen LogP contribution in [0.5, 0.6) is 0 Å². The van der Waals surface area contributed by atoms with Crippen LogP contribution in [0.15, 0.2) is 59.4 Å². The van der Waals surface area contributed by atoms with Gasteiger partial charge in [-0.05, 0) is 37.6 Å². The highest BCUT2D eigenvalue weighted by molar-refractivity contribution is 5.84. The molecular weight excluding hydrogens is 378 g/mol. The van der Waals surface area contributed by atoms with E-state index in [0.29, 0.717) is 24.2 Å². The zero-order valence-electron chi connectivity index (χ0n) is 17.0. The predicted molar refractivity (Wildman–Crippen MR) is 117 cm³/mol. The Kier molecular flexibility index (Phi) is 6.39. The van der Waals surface area contributed by atoms with Crippen molar-refractivity contribution in [2.24, 2.45) is 0 Å². The summed E-state index contributed by atoms with van der Waals surface area (Å²) < 4.78 is 1.54. The fourth-order valence-corrected chi connectivity index (χ4v) is 3.83. The van der Waals surface area contributed by atoms with E-state index >= 15 is 0 Å². The number of carbonyl (C=O) groups is 1. The number of nitrogens with zero attached hydrogens (tertiary/aromatic N) is 3. The first kappa shape index (κ1) is 20.1. The lowest BCUT2D eigenvalue weighted by Crippen LogP contribution is -2.36. The summed E-state index contributed by atoms with van der Waals surface area (Å²) >= 11 is 0. The van der Waals surface area contributed by atoms with E-state index in [1.165, 1.54) is 12.8 Å². The Hall–Kier alpha value is -3.19. The highest BCUT2D eigenvalue weighted by atomic mass is 16.2. The summed E-state index contributed by atoms with van der Waals surface area (Å²) in [5, 5.41) is 11.7. The quantitative estimate of drug-likeness (QED) is 0.633. The van der Waals surface area contributed by atoms with Gasteiger partial charge in [0.2, 0.25) is 0 Å². The normalized spacial score (nSPS) is 14.1. The topological polar surface area (TPSA) is 79.3 Å². The third kappa shape index (κ3) is 4.86. The zero-order valence-corrected chi connectivity index (χ0v) is 17.0. The van der Waals surface area contributed by atoms with Gasteiger partial charge in [0.15, 0.2) is 0 Å². The number of rotatable bonds is 7. The van der Waals surface area contributed by atoms with E-state index in [1.807, 2.05) is 54.6 Å². The summed E-state index contributed by atoms with van der Waals surface area (Å²) in [5.74, 6) is 0. The average molecular weight is 406 g/mol. The third-order valence-electron chi connectivity index (χ3n) is 5.48. The summed E-state index contributed by atoms with van der Waals surface area (Å²) in [6.07, 6.45) is 2.43. The van der Waals surface area contributed by atoms with Crippen LogP contribution in [0.3, 0.4) is 0 Å². The van der Waals surface area contributed by atoms with Crippen molar-refractivity contribution in [2.75, 3.05) is 19.6 Å². The standard InChI is InChI=1S/C23H27N5O2/c29-22-20-11-5-4-10-19(20)21(26-28(22)15-14-27-12-6-7-13-27)17-25-23(30)24-16-18-8-2-1-3-9-18/h1-5,8-11H,6-7,12-17H2,(H2,24,25,30). The van der Waals surface area contributed by atoms with Crippen LogP contribution in [0.25, 0.3) is 10.8 Å². The Labute approximate surface area is 175 Å². The first-order valence-electron chi connectivity index (χ1n) is 10.5. The van der Waals surface area contributed by atoms with E-state index in [9.17, 15) is 9.59 Å². The summed E-state index contributed by atoms with van der Waals surface area (Å²) in [5.41, 5.74) is 1.65. The van der Waals surface area contributed by atoms with Gasteiger partial charge in [0.05, 0.1) is 24.2 Å². The molecule has 0 radical (unpaired) electrons. The van der Waals surface area contributed by atoms with E-state index < -0.39 is 0 Å². The molecule has 0 bridgehead atoms. The van der Waals surface area contributed by atoms with Crippen molar-refractivity contribution in [1.82, 2.24) is 25.3 Å². The molecule has 30 heavy (non-hydrogen) atoms. The monoisotopic (exact) mass is 405 g/mol. The second-order valence-corrected chi connectivity index (χ2v) is 7.59. The molecule has 1 aliphatic rings. The van der Waals surface area contributed by atoms with Crippen molar-refractivity contribution in [3.63, 3.8) is 0 Å². The zero-order chi connectivity index (χ0) is 20.8. The maximum Gasteiger partial charge on any atom is 0.315 e. The number of nitrogens with one attached hydrogen (secondary N) is 2. The number of carbonyl (C=O) groups excluding carboxylic acids is 1. The van der Waals surface area contributed by atoms with Gasteiger partial charge in [0.25, 0.3) is 5.56 Å². The van der Waals surface area contributed by atoms with Crippen molar-refractivity contribution in [2.45, 2.75) is 32.5 Å². The third-order valence-corrected chi connectivity index (χ3v) is 5.48. The fourth-order valence-electron chi connectivity index (χ4n) is 3.83. The number of amides is 2. The molecule has 7 nitrogen and oxygen atoms in total. The molecule has 3 aromatic rings. The molecule has 1 saturated heterocycles. The van der Waals surface area contributed by atoms with E-state index in [0.717, 1.165) is 30.6 Å². The molecule has 0 atom stereocenters. The van der Waals surface area contributed by atoms with Crippen molar-refractivity contribution in [1.29, 1.82) is 0 Å². The van der Waals surface area contributed by atoms with Crippen LogP contribution < -0.4 is 16.2 Å². The van der Waals surface area contributed by atoms with Gasteiger partial charge in [-0.3, -0.25) is 4.79 Å². The van der Waals surface area contributed by atoms with Crippen molar-refractivity contribution < 1.29 is 4.79 Å². The lowest BCUT2D eigenvalue weighted by Gasteiger charge is -2.16. The molecule has 0 unspecified atom stereocenters. The Morgan fingerprint density at radius 2 is 1.53 bits per heavy atom. The maximum atomic E-state index is 12.9. The van der Waals surface area contributed by atoms with Gasteiger partial charge in [0.1, 0.15) is 0 Å².